The topological polar surface area (TPSA) is 55.2 Å². The Kier molecular flexibility index (Phi) is 4.90. The smallest absolute Gasteiger partial charge is 0.273 e. The zero-order valence-corrected chi connectivity index (χ0v) is 11.7. The van der Waals surface area contributed by atoms with Gasteiger partial charge in [0.1, 0.15) is 0 Å². The molecular formula is C13H13ClN2O2S. The summed E-state index contributed by atoms with van der Waals surface area (Å²) in [6.07, 6.45) is 0.915. The first-order chi connectivity index (χ1) is 9.16. The van der Waals surface area contributed by atoms with Crippen LogP contribution < -0.4 is 5.32 Å². The van der Waals surface area contributed by atoms with Crippen molar-refractivity contribution in [2.75, 3.05) is 6.54 Å². The molecule has 1 aromatic heterocycles. The largest absolute Gasteiger partial charge is 0.312 e. The first-order valence-electron chi connectivity index (χ1n) is 5.81. The van der Waals surface area contributed by atoms with Crippen LogP contribution in [-0.2, 0) is 13.0 Å². The number of nitro groups is 1. The quantitative estimate of drug-likeness (QED) is 0.503. The third kappa shape index (κ3) is 4.02. The Morgan fingerprint density at radius 2 is 2.21 bits per heavy atom. The number of hydrogen-bond acceptors (Lipinski definition) is 4. The van der Waals surface area contributed by atoms with Gasteiger partial charge in [-0.25, -0.2) is 0 Å². The van der Waals surface area contributed by atoms with Crippen LogP contribution in [0.5, 0.6) is 0 Å². The lowest BCUT2D eigenvalue weighted by atomic mass is 10.1. The van der Waals surface area contributed by atoms with Crippen LogP contribution in [0.15, 0.2) is 35.0 Å². The minimum atomic E-state index is -0.383. The summed E-state index contributed by atoms with van der Waals surface area (Å²) in [5.74, 6) is 0. The summed E-state index contributed by atoms with van der Waals surface area (Å²) in [6, 6.07) is 6.69. The summed E-state index contributed by atoms with van der Waals surface area (Å²) in [4.78, 5) is 10.5. The zero-order chi connectivity index (χ0) is 13.7. The number of thiophene rings is 1. The zero-order valence-electron chi connectivity index (χ0n) is 10.1. The number of nitrogens with one attached hydrogen (secondary N) is 1. The van der Waals surface area contributed by atoms with Crippen LogP contribution in [0.25, 0.3) is 0 Å². The number of hydrogen-bond donors (Lipinski definition) is 1. The highest BCUT2D eigenvalue weighted by Crippen LogP contribution is 2.22. The van der Waals surface area contributed by atoms with Crippen molar-refractivity contribution in [3.05, 3.63) is 61.3 Å². The van der Waals surface area contributed by atoms with Gasteiger partial charge in [-0.15, -0.1) is 0 Å². The van der Waals surface area contributed by atoms with Crippen LogP contribution in [-0.4, -0.2) is 11.5 Å². The average Bonchev–Trinajstić information content (AvgIpc) is 2.87. The van der Waals surface area contributed by atoms with Crippen molar-refractivity contribution in [2.45, 2.75) is 13.0 Å². The molecule has 0 radical (unpaired) electrons. The second-order valence-electron chi connectivity index (χ2n) is 4.09. The first-order valence-corrected chi connectivity index (χ1v) is 7.13. The van der Waals surface area contributed by atoms with Gasteiger partial charge in [0.15, 0.2) is 0 Å². The van der Waals surface area contributed by atoms with Gasteiger partial charge in [0.25, 0.3) is 5.69 Å². The highest BCUT2D eigenvalue weighted by molar-refractivity contribution is 7.07. The summed E-state index contributed by atoms with van der Waals surface area (Å²) >= 11 is 7.53. The van der Waals surface area contributed by atoms with Crippen molar-refractivity contribution < 1.29 is 4.92 Å². The Bertz CT molecular complexity index is 558. The van der Waals surface area contributed by atoms with Crippen LogP contribution in [0.2, 0.25) is 5.02 Å². The minimum absolute atomic E-state index is 0.104. The summed E-state index contributed by atoms with van der Waals surface area (Å²) in [7, 11) is 0. The van der Waals surface area contributed by atoms with Gasteiger partial charge in [0, 0.05) is 23.2 Å². The van der Waals surface area contributed by atoms with E-state index in [1.54, 1.807) is 17.4 Å². The highest BCUT2D eigenvalue weighted by Gasteiger charge is 2.13. The monoisotopic (exact) mass is 296 g/mol. The molecule has 0 fully saturated rings. The molecule has 0 atom stereocenters. The van der Waals surface area contributed by atoms with E-state index in [9.17, 15) is 10.1 Å². The predicted octanol–water partition coefficient (Wildman–Crippen LogP) is 3.64. The molecule has 1 N–H and O–H groups in total. The number of nitro benzene ring substituents is 1. The van der Waals surface area contributed by atoms with Crippen molar-refractivity contribution in [3.8, 4) is 0 Å². The maximum absolute atomic E-state index is 10.9. The molecule has 0 aliphatic rings. The van der Waals surface area contributed by atoms with E-state index in [0.717, 1.165) is 13.0 Å². The van der Waals surface area contributed by atoms with Gasteiger partial charge >= 0.3 is 0 Å². The molecule has 0 aliphatic heterocycles. The average molecular weight is 297 g/mol. The Balaban J connectivity index is 1.91. The van der Waals surface area contributed by atoms with Crippen LogP contribution in [0.4, 0.5) is 5.69 Å². The predicted molar refractivity (Wildman–Crippen MR) is 77.8 cm³/mol. The lowest BCUT2D eigenvalue weighted by molar-refractivity contribution is -0.385. The minimum Gasteiger partial charge on any atom is -0.312 e. The van der Waals surface area contributed by atoms with Gasteiger partial charge in [0.2, 0.25) is 0 Å². The molecular weight excluding hydrogens is 284 g/mol. The van der Waals surface area contributed by atoms with Crippen molar-refractivity contribution in [1.29, 1.82) is 0 Å². The fraction of sp³-hybridized carbons (Fsp3) is 0.231. The molecule has 2 aromatic rings. The maximum atomic E-state index is 10.9. The van der Waals surface area contributed by atoms with E-state index in [0.29, 0.717) is 17.1 Å². The van der Waals surface area contributed by atoms with Crippen molar-refractivity contribution in [3.63, 3.8) is 0 Å². The molecule has 100 valence electrons. The van der Waals surface area contributed by atoms with Gasteiger partial charge < -0.3 is 5.32 Å². The van der Waals surface area contributed by atoms with Gasteiger partial charge in [-0.05, 0) is 47.5 Å². The van der Waals surface area contributed by atoms with Crippen molar-refractivity contribution in [1.82, 2.24) is 5.32 Å². The number of benzene rings is 1. The molecule has 2 rings (SSSR count). The lowest BCUT2D eigenvalue weighted by Gasteiger charge is -2.05. The molecule has 0 bridgehead atoms. The summed E-state index contributed by atoms with van der Waals surface area (Å²) in [5, 5.41) is 18.7. The van der Waals surface area contributed by atoms with Gasteiger partial charge in [0.05, 0.1) is 4.92 Å². The molecule has 1 heterocycles. The third-order valence-electron chi connectivity index (χ3n) is 2.72. The van der Waals surface area contributed by atoms with E-state index < -0.39 is 0 Å². The maximum Gasteiger partial charge on any atom is 0.273 e. The molecule has 0 saturated heterocycles. The third-order valence-corrected chi connectivity index (χ3v) is 3.69. The summed E-state index contributed by atoms with van der Waals surface area (Å²) in [6.45, 7) is 1.22. The van der Waals surface area contributed by atoms with E-state index in [2.05, 4.69) is 16.8 Å². The van der Waals surface area contributed by atoms with Gasteiger partial charge in [-0.2, -0.15) is 11.3 Å². The number of nitrogens with zero attached hydrogens (tertiary/aromatic N) is 1. The Morgan fingerprint density at radius 3 is 2.89 bits per heavy atom. The highest BCUT2D eigenvalue weighted by atomic mass is 35.5. The Morgan fingerprint density at radius 1 is 1.37 bits per heavy atom. The molecule has 4 nitrogen and oxygen atoms in total. The second-order valence-corrected chi connectivity index (χ2v) is 5.30. The molecule has 0 aliphatic carbocycles. The second kappa shape index (κ2) is 6.65. The first kappa shape index (κ1) is 14.0. The van der Waals surface area contributed by atoms with Crippen LogP contribution >= 0.6 is 22.9 Å². The number of rotatable bonds is 6. The standard InChI is InChI=1S/C13H13ClN2O2S/c14-12-1-2-13(16(17)18)11(7-12)8-15-5-3-10-4-6-19-9-10/h1-2,4,6-7,9,15H,3,5,8H2. The van der Waals surface area contributed by atoms with Crippen LogP contribution in [0.3, 0.4) is 0 Å². The van der Waals surface area contributed by atoms with E-state index in [-0.39, 0.29) is 10.6 Å². The van der Waals surface area contributed by atoms with Crippen LogP contribution in [0, 0.1) is 10.1 Å². The molecule has 0 saturated carbocycles. The normalized spacial score (nSPS) is 10.6. The fourth-order valence-electron chi connectivity index (χ4n) is 1.76. The Labute approximate surface area is 120 Å². The van der Waals surface area contributed by atoms with Gasteiger partial charge in [-0.1, -0.05) is 11.6 Å². The lowest BCUT2D eigenvalue weighted by Crippen LogP contribution is -2.17. The van der Waals surface area contributed by atoms with E-state index in [1.807, 2.05) is 5.38 Å². The molecule has 0 spiro atoms. The molecule has 19 heavy (non-hydrogen) atoms. The van der Waals surface area contributed by atoms with Crippen molar-refractivity contribution >= 4 is 28.6 Å². The Hall–Kier alpha value is -1.43. The number of halogens is 1. The molecule has 1 aromatic carbocycles. The van der Waals surface area contributed by atoms with Crippen LogP contribution in [0.1, 0.15) is 11.1 Å². The molecule has 0 unspecified atom stereocenters. The van der Waals surface area contributed by atoms with Gasteiger partial charge in [-0.3, -0.25) is 10.1 Å². The summed E-state index contributed by atoms with van der Waals surface area (Å²) < 4.78 is 0. The van der Waals surface area contributed by atoms with E-state index in [1.165, 1.54) is 17.7 Å². The SMILES string of the molecule is O=[N+]([O-])c1ccc(Cl)cc1CNCCc1ccsc1. The van der Waals surface area contributed by atoms with Crippen molar-refractivity contribution in [2.24, 2.45) is 0 Å². The molecule has 0 amide bonds. The van der Waals surface area contributed by atoms with E-state index >= 15 is 0 Å². The summed E-state index contributed by atoms with van der Waals surface area (Å²) in [5.41, 5.74) is 1.99. The molecule has 6 heteroatoms. The fourth-order valence-corrected chi connectivity index (χ4v) is 2.66. The van der Waals surface area contributed by atoms with E-state index in [4.69, 9.17) is 11.6 Å².